The molecule has 6 aromatic rings. The van der Waals surface area contributed by atoms with Crippen molar-refractivity contribution in [3.05, 3.63) is 78.7 Å². The summed E-state index contributed by atoms with van der Waals surface area (Å²) in [5.41, 5.74) is 3.72. The molecule has 5 heterocycles. The van der Waals surface area contributed by atoms with E-state index in [-0.39, 0.29) is 47.9 Å². The van der Waals surface area contributed by atoms with Crippen LogP contribution >= 0.6 is 22.7 Å². The minimum atomic E-state index is -0.570. The lowest BCUT2D eigenvalue weighted by Gasteiger charge is -2.26. The molecule has 64 heavy (non-hydrogen) atoms. The van der Waals surface area contributed by atoms with Crippen molar-refractivity contribution in [2.45, 2.75) is 60.0 Å². The summed E-state index contributed by atoms with van der Waals surface area (Å²) in [4.78, 5) is 75.2. The predicted molar refractivity (Wildman–Crippen MR) is 244 cm³/mol. The van der Waals surface area contributed by atoms with E-state index in [1.54, 1.807) is 28.8 Å². The molecule has 0 aliphatic carbocycles. The molecule has 1 aliphatic rings. The van der Waals surface area contributed by atoms with Gasteiger partial charge in [-0.3, -0.25) is 25.1 Å². The highest BCUT2D eigenvalue weighted by molar-refractivity contribution is 7.14. The van der Waals surface area contributed by atoms with Crippen LogP contribution in [0.15, 0.2) is 36.4 Å². The van der Waals surface area contributed by atoms with Crippen LogP contribution in [0.4, 0.5) is 11.9 Å². The largest absolute Gasteiger partial charge is 0.494 e. The zero-order valence-electron chi connectivity index (χ0n) is 36.9. The summed E-state index contributed by atoms with van der Waals surface area (Å²) in [6.07, 6.45) is 5.63. The second kappa shape index (κ2) is 20.5. The number of methoxy groups -OCH3 is 3. The summed E-state index contributed by atoms with van der Waals surface area (Å²) >= 11 is 2.60. The van der Waals surface area contributed by atoms with Crippen LogP contribution in [0.25, 0.3) is 22.1 Å². The van der Waals surface area contributed by atoms with E-state index in [0.29, 0.717) is 87.4 Å². The van der Waals surface area contributed by atoms with Crippen molar-refractivity contribution < 1.29 is 42.9 Å². The Labute approximate surface area is 377 Å². The molecule has 2 N–H and O–H groups in total. The number of benzene rings is 2. The summed E-state index contributed by atoms with van der Waals surface area (Å²) in [6.45, 7) is 12.2. The fourth-order valence-electron chi connectivity index (χ4n) is 7.49. The predicted octanol–water partition coefficient (Wildman–Crippen LogP) is 6.48. The van der Waals surface area contributed by atoms with Crippen LogP contribution in [0, 0.1) is 13.8 Å². The molecule has 18 nitrogen and oxygen atoms in total. The van der Waals surface area contributed by atoms with Crippen LogP contribution in [-0.4, -0.2) is 119 Å². The van der Waals surface area contributed by atoms with Gasteiger partial charge in [-0.15, -0.1) is 22.7 Å². The summed E-state index contributed by atoms with van der Waals surface area (Å²) in [7, 11) is 4.09. The number of anilines is 2. The van der Waals surface area contributed by atoms with Gasteiger partial charge in [-0.25, -0.2) is 29.5 Å². The Morgan fingerprint density at radius 1 is 0.719 bits per heavy atom. The first kappa shape index (κ1) is 45.8. The number of carbonyl (C=O) groups is 4. The average molecular weight is 914 g/mol. The third-order valence-electron chi connectivity index (χ3n) is 10.5. The highest BCUT2D eigenvalue weighted by Gasteiger charge is 2.25. The van der Waals surface area contributed by atoms with Gasteiger partial charge in [-0.1, -0.05) is 26.0 Å². The molecule has 0 unspecified atom stereocenters. The van der Waals surface area contributed by atoms with Crippen molar-refractivity contribution in [3.63, 3.8) is 0 Å². The molecule has 0 saturated carbocycles. The van der Waals surface area contributed by atoms with E-state index in [9.17, 15) is 19.2 Å². The van der Waals surface area contributed by atoms with Crippen LogP contribution in [0.2, 0.25) is 0 Å². The Kier molecular flexibility index (Phi) is 14.7. The van der Waals surface area contributed by atoms with Crippen LogP contribution in [0.5, 0.6) is 11.5 Å². The maximum Gasteiger partial charge on any atom is 0.338 e. The minimum absolute atomic E-state index is 0.189. The smallest absolute Gasteiger partial charge is 0.338 e. The molecule has 0 radical (unpaired) electrons. The maximum atomic E-state index is 13.9. The van der Waals surface area contributed by atoms with Crippen LogP contribution < -0.4 is 20.1 Å². The third kappa shape index (κ3) is 9.94. The van der Waals surface area contributed by atoms with E-state index >= 15 is 0 Å². The quantitative estimate of drug-likeness (QED) is 0.0538. The number of thiazole rings is 2. The fraction of sp³-hybridized carbons (Fsp3) is 0.409. The fourth-order valence-corrected chi connectivity index (χ4v) is 9.30. The Balaban J connectivity index is 1.26. The zero-order chi connectivity index (χ0) is 45.5. The van der Waals surface area contributed by atoms with E-state index < -0.39 is 11.9 Å². The molecular formula is C44H51N9O9S2. The third-order valence-corrected chi connectivity index (χ3v) is 12.6. The van der Waals surface area contributed by atoms with E-state index in [4.69, 9.17) is 33.7 Å². The molecular weight excluding hydrogens is 863 g/mol. The van der Waals surface area contributed by atoms with Gasteiger partial charge in [0.15, 0.2) is 0 Å². The Hall–Kier alpha value is -6.22. The molecule has 7 rings (SSSR count). The molecule has 4 aromatic heterocycles. The monoisotopic (exact) mass is 913 g/mol. The van der Waals surface area contributed by atoms with Gasteiger partial charge in [0.2, 0.25) is 11.9 Å². The summed E-state index contributed by atoms with van der Waals surface area (Å²) in [6, 6.07) is 6.39. The number of hydrogen-bond acceptors (Lipinski definition) is 16. The first-order valence-electron chi connectivity index (χ1n) is 20.9. The number of aromatic nitrogens is 6. The first-order chi connectivity index (χ1) is 31.0. The lowest BCUT2D eigenvalue weighted by molar-refractivity contribution is 0.0358. The number of esters is 2. The molecule has 2 aromatic carbocycles. The number of rotatable bonds is 18. The van der Waals surface area contributed by atoms with Crippen molar-refractivity contribution in [1.29, 1.82) is 0 Å². The van der Waals surface area contributed by atoms with Crippen molar-refractivity contribution >= 4 is 80.4 Å². The molecule has 0 spiro atoms. The molecule has 2 amide bonds. The van der Waals surface area contributed by atoms with Gasteiger partial charge in [0.25, 0.3) is 11.8 Å². The lowest BCUT2D eigenvalue weighted by atomic mass is 10.2. The molecule has 1 saturated heterocycles. The van der Waals surface area contributed by atoms with Gasteiger partial charge >= 0.3 is 11.9 Å². The number of fused-ring (bicyclic) bond motifs is 2. The zero-order valence-corrected chi connectivity index (χ0v) is 38.5. The molecule has 1 fully saturated rings. The SMILES string of the molecule is CCc1nc(C)sc1C(=O)Nc1nc2cc(C(=O)OC)cc(OC)c2n1C/C=C/Cn1c(NC(=O)c2sc(C)nc2CC)nc2cc(C(=O)OC)cc(OCCCN3CCOCC3)c21. The number of amides is 2. The Morgan fingerprint density at radius 3 is 1.67 bits per heavy atom. The Bertz CT molecular complexity index is 2730. The topological polar surface area (TPSA) is 203 Å². The van der Waals surface area contributed by atoms with Crippen LogP contribution in [-0.2, 0) is 40.1 Å². The number of hydrogen-bond donors (Lipinski definition) is 2. The van der Waals surface area contributed by atoms with Crippen LogP contribution in [0.3, 0.4) is 0 Å². The second-order valence-corrected chi connectivity index (χ2v) is 17.1. The first-order valence-corrected chi connectivity index (χ1v) is 22.5. The Morgan fingerprint density at radius 2 is 1.20 bits per heavy atom. The molecule has 0 atom stereocenters. The standard InChI is InChI=1S/C44H51N9O9S2/c1-8-29-37(63-25(3)45-29)39(54)49-43-47-31-21-27(41(56)59-6)23-33(58-5)35(31)52(43)14-10-11-15-53-36-32(48-44(53)50-40(55)38-30(9-2)46-26(4)64-38)22-28(42(57)60-7)24-34(36)62-18-12-13-51-16-19-61-20-17-51/h10-11,21-24H,8-9,12-20H2,1-7H3,(H,47,49,54)(H,48,50,55)/b11-10+. The number of imidazole rings is 2. The lowest BCUT2D eigenvalue weighted by Crippen LogP contribution is -2.37. The highest BCUT2D eigenvalue weighted by atomic mass is 32.1. The molecule has 0 bridgehead atoms. The van der Waals surface area contributed by atoms with Gasteiger partial charge in [0.05, 0.1) is 84.7 Å². The number of allylic oxidation sites excluding steroid dienone is 2. The summed E-state index contributed by atoms with van der Waals surface area (Å²) < 4.78 is 31.4. The minimum Gasteiger partial charge on any atom is -0.494 e. The van der Waals surface area contributed by atoms with E-state index in [0.717, 1.165) is 36.1 Å². The summed E-state index contributed by atoms with van der Waals surface area (Å²) in [5.74, 6) is -0.689. The van der Waals surface area contributed by atoms with Gasteiger partial charge in [0.1, 0.15) is 32.3 Å². The molecule has 20 heteroatoms. The van der Waals surface area contributed by atoms with Crippen molar-refractivity contribution in [2.24, 2.45) is 0 Å². The van der Waals surface area contributed by atoms with Gasteiger partial charge in [-0.2, -0.15) is 0 Å². The van der Waals surface area contributed by atoms with E-state index in [1.807, 2.05) is 44.4 Å². The van der Waals surface area contributed by atoms with E-state index in [1.165, 1.54) is 44.0 Å². The molecule has 1 aliphatic heterocycles. The summed E-state index contributed by atoms with van der Waals surface area (Å²) in [5, 5.41) is 7.52. The van der Waals surface area contributed by atoms with Crippen LogP contribution in [0.1, 0.15) is 81.7 Å². The average Bonchev–Trinajstić information content (AvgIpc) is 4.07. The van der Waals surface area contributed by atoms with Gasteiger partial charge in [0, 0.05) is 32.7 Å². The van der Waals surface area contributed by atoms with Crippen molar-refractivity contribution in [3.8, 4) is 11.5 Å². The number of nitrogens with one attached hydrogen (secondary N) is 2. The molecule has 338 valence electrons. The number of nitrogens with zero attached hydrogens (tertiary/aromatic N) is 7. The second-order valence-electron chi connectivity index (χ2n) is 14.7. The van der Waals surface area contributed by atoms with Gasteiger partial charge in [-0.05, 0) is 57.4 Å². The number of morpholine rings is 1. The number of carbonyl (C=O) groups excluding carboxylic acids is 4. The number of ether oxygens (including phenoxy) is 5. The van der Waals surface area contributed by atoms with E-state index in [2.05, 4.69) is 25.5 Å². The maximum absolute atomic E-state index is 13.9. The number of aryl methyl sites for hydroxylation is 4. The van der Waals surface area contributed by atoms with Crippen molar-refractivity contribution in [1.82, 2.24) is 34.0 Å². The van der Waals surface area contributed by atoms with Crippen molar-refractivity contribution in [2.75, 3.05) is 71.4 Å². The normalized spacial score (nSPS) is 13.2. The highest BCUT2D eigenvalue weighted by Crippen LogP contribution is 2.34. The van der Waals surface area contributed by atoms with Gasteiger partial charge < -0.3 is 32.8 Å².